The lowest BCUT2D eigenvalue weighted by molar-refractivity contribution is 0.297. The van der Waals surface area contributed by atoms with Gasteiger partial charge in [-0.1, -0.05) is 36.4 Å². The molecule has 31 heavy (non-hydrogen) atoms. The number of para-hydroxylation sites is 1. The van der Waals surface area contributed by atoms with Crippen molar-refractivity contribution >= 4 is 39.8 Å². The third-order valence-corrected chi connectivity index (χ3v) is 6.70. The van der Waals surface area contributed by atoms with Crippen molar-refractivity contribution in [2.75, 3.05) is 25.4 Å². The summed E-state index contributed by atoms with van der Waals surface area (Å²) >= 11 is 0. The molecule has 0 aromatic heterocycles. The summed E-state index contributed by atoms with van der Waals surface area (Å²) in [6, 6.07) is 16.6. The van der Waals surface area contributed by atoms with Crippen LogP contribution >= 0.6 is 24.0 Å². The maximum atomic E-state index is 12.4. The molecule has 0 unspecified atom stereocenters. The zero-order chi connectivity index (χ0) is 21.2. The lowest BCUT2D eigenvalue weighted by Crippen LogP contribution is -2.38. The summed E-state index contributed by atoms with van der Waals surface area (Å²) < 4.78 is 30.7. The summed E-state index contributed by atoms with van der Waals surface area (Å²) in [6.45, 7) is 4.53. The third kappa shape index (κ3) is 8.68. The van der Waals surface area contributed by atoms with Crippen molar-refractivity contribution < 1.29 is 13.2 Å². The predicted molar refractivity (Wildman–Crippen MR) is 136 cm³/mol. The fourth-order valence-electron chi connectivity index (χ4n) is 2.99. The maximum absolute atomic E-state index is 12.4. The van der Waals surface area contributed by atoms with Gasteiger partial charge in [-0.2, -0.15) is 0 Å². The second kappa shape index (κ2) is 12.9. The van der Waals surface area contributed by atoms with E-state index in [4.69, 9.17) is 4.74 Å². The largest absolute Gasteiger partial charge is 0.493 e. The van der Waals surface area contributed by atoms with Crippen LogP contribution in [0, 0.1) is 5.92 Å². The van der Waals surface area contributed by atoms with Crippen LogP contribution in [0.3, 0.4) is 0 Å². The zero-order valence-electron chi connectivity index (χ0n) is 17.9. The van der Waals surface area contributed by atoms with Crippen LogP contribution in [0.4, 0.5) is 0 Å². The molecule has 1 aliphatic carbocycles. The SMILES string of the molecule is CCNC(=NCc1ccccc1OCC1CC1)NCCCS(=O)(=O)c1ccccc1.I. The number of halogens is 1. The highest BCUT2D eigenvalue weighted by Crippen LogP contribution is 2.30. The summed E-state index contributed by atoms with van der Waals surface area (Å²) in [4.78, 5) is 5.01. The predicted octanol–water partition coefficient (Wildman–Crippen LogP) is 4.01. The molecule has 0 radical (unpaired) electrons. The minimum absolute atomic E-state index is 0. The Bertz CT molecular complexity index is 932. The Kier molecular flexibility index (Phi) is 10.6. The smallest absolute Gasteiger partial charge is 0.191 e. The van der Waals surface area contributed by atoms with Crippen molar-refractivity contribution in [2.24, 2.45) is 10.9 Å². The molecule has 0 saturated heterocycles. The Hall–Kier alpha value is -1.81. The van der Waals surface area contributed by atoms with Gasteiger partial charge in [-0.3, -0.25) is 0 Å². The summed E-state index contributed by atoms with van der Waals surface area (Å²) in [5, 5.41) is 6.44. The van der Waals surface area contributed by atoms with E-state index in [1.54, 1.807) is 24.3 Å². The number of aliphatic imine (C=N–C) groups is 1. The van der Waals surface area contributed by atoms with Gasteiger partial charge < -0.3 is 15.4 Å². The number of hydrogen-bond donors (Lipinski definition) is 2. The number of nitrogens with one attached hydrogen (secondary N) is 2. The van der Waals surface area contributed by atoms with Crippen LogP contribution in [-0.4, -0.2) is 39.8 Å². The second-order valence-corrected chi connectivity index (χ2v) is 9.58. The maximum Gasteiger partial charge on any atom is 0.191 e. The molecule has 170 valence electrons. The van der Waals surface area contributed by atoms with Crippen LogP contribution in [0.2, 0.25) is 0 Å². The summed E-state index contributed by atoms with van der Waals surface area (Å²) in [5.41, 5.74) is 1.04. The van der Waals surface area contributed by atoms with Crippen LogP contribution in [0.25, 0.3) is 0 Å². The van der Waals surface area contributed by atoms with Gasteiger partial charge >= 0.3 is 0 Å². The minimum Gasteiger partial charge on any atom is -0.493 e. The Morgan fingerprint density at radius 3 is 2.48 bits per heavy atom. The first-order valence-corrected chi connectivity index (χ1v) is 12.2. The third-order valence-electron chi connectivity index (χ3n) is 4.88. The van der Waals surface area contributed by atoms with Crippen molar-refractivity contribution in [1.82, 2.24) is 10.6 Å². The average Bonchev–Trinajstić information content (AvgIpc) is 3.59. The molecule has 0 spiro atoms. The first-order valence-electron chi connectivity index (χ1n) is 10.6. The molecule has 2 aromatic rings. The fraction of sp³-hybridized carbons (Fsp3) is 0.435. The lowest BCUT2D eigenvalue weighted by atomic mass is 10.2. The van der Waals surface area contributed by atoms with Gasteiger partial charge in [0, 0.05) is 18.7 Å². The molecule has 2 N–H and O–H groups in total. The van der Waals surface area contributed by atoms with E-state index in [0.29, 0.717) is 36.3 Å². The van der Waals surface area contributed by atoms with Crippen LogP contribution in [-0.2, 0) is 16.4 Å². The van der Waals surface area contributed by atoms with Gasteiger partial charge in [0.05, 0.1) is 23.8 Å². The van der Waals surface area contributed by atoms with Crippen LogP contribution in [0.15, 0.2) is 64.5 Å². The minimum atomic E-state index is -3.26. The number of sulfone groups is 1. The van der Waals surface area contributed by atoms with Gasteiger partial charge in [-0.25, -0.2) is 13.4 Å². The first kappa shape index (κ1) is 25.5. The normalized spacial score (nSPS) is 13.9. The lowest BCUT2D eigenvalue weighted by Gasteiger charge is -2.13. The van der Waals surface area contributed by atoms with E-state index >= 15 is 0 Å². The molecule has 0 bridgehead atoms. The van der Waals surface area contributed by atoms with E-state index in [9.17, 15) is 8.42 Å². The van der Waals surface area contributed by atoms with Gasteiger partial charge in [-0.15, -0.1) is 24.0 Å². The molecule has 0 amide bonds. The molecule has 3 rings (SSSR count). The highest BCUT2D eigenvalue weighted by atomic mass is 127. The molecule has 6 nitrogen and oxygen atoms in total. The van der Waals surface area contributed by atoms with E-state index in [1.807, 2.05) is 37.3 Å². The molecule has 0 heterocycles. The van der Waals surface area contributed by atoms with Crippen molar-refractivity contribution in [1.29, 1.82) is 0 Å². The number of guanidine groups is 1. The van der Waals surface area contributed by atoms with Gasteiger partial charge in [-0.05, 0) is 50.3 Å². The molecule has 2 aromatic carbocycles. The number of nitrogens with zero attached hydrogens (tertiary/aromatic N) is 1. The van der Waals surface area contributed by atoms with Gasteiger partial charge in [0.25, 0.3) is 0 Å². The Morgan fingerprint density at radius 2 is 1.77 bits per heavy atom. The molecule has 1 saturated carbocycles. The summed E-state index contributed by atoms with van der Waals surface area (Å²) in [6.07, 6.45) is 3.02. The van der Waals surface area contributed by atoms with Crippen molar-refractivity contribution in [3.63, 3.8) is 0 Å². The zero-order valence-corrected chi connectivity index (χ0v) is 21.1. The molecular weight excluding hydrogens is 525 g/mol. The van der Waals surface area contributed by atoms with Gasteiger partial charge in [0.2, 0.25) is 0 Å². The van der Waals surface area contributed by atoms with E-state index in [2.05, 4.69) is 15.6 Å². The number of hydrogen-bond acceptors (Lipinski definition) is 4. The summed E-state index contributed by atoms with van der Waals surface area (Å²) in [5.74, 6) is 2.36. The fourth-order valence-corrected chi connectivity index (χ4v) is 4.32. The highest BCUT2D eigenvalue weighted by molar-refractivity contribution is 14.0. The highest BCUT2D eigenvalue weighted by Gasteiger charge is 2.22. The van der Waals surface area contributed by atoms with E-state index in [0.717, 1.165) is 24.5 Å². The topological polar surface area (TPSA) is 79.8 Å². The van der Waals surface area contributed by atoms with E-state index in [-0.39, 0.29) is 29.7 Å². The number of ether oxygens (including phenoxy) is 1. The van der Waals surface area contributed by atoms with Crippen molar-refractivity contribution in [2.45, 2.75) is 37.6 Å². The molecule has 1 aliphatic rings. The molecule has 1 fully saturated rings. The average molecular weight is 557 g/mol. The van der Waals surface area contributed by atoms with Crippen molar-refractivity contribution in [3.05, 3.63) is 60.2 Å². The molecule has 0 atom stereocenters. The van der Waals surface area contributed by atoms with Gasteiger partial charge in [0.1, 0.15) is 5.75 Å². The monoisotopic (exact) mass is 557 g/mol. The van der Waals surface area contributed by atoms with Crippen LogP contribution < -0.4 is 15.4 Å². The first-order chi connectivity index (χ1) is 14.6. The number of rotatable bonds is 11. The Labute approximate surface area is 202 Å². The van der Waals surface area contributed by atoms with E-state index < -0.39 is 9.84 Å². The molecular formula is C23H32IN3O3S. The molecule has 0 aliphatic heterocycles. The Morgan fingerprint density at radius 1 is 1.06 bits per heavy atom. The van der Waals surface area contributed by atoms with E-state index in [1.165, 1.54) is 12.8 Å². The van der Waals surface area contributed by atoms with Crippen molar-refractivity contribution in [3.8, 4) is 5.75 Å². The van der Waals surface area contributed by atoms with Gasteiger partial charge in [0.15, 0.2) is 15.8 Å². The summed E-state index contributed by atoms with van der Waals surface area (Å²) in [7, 11) is -3.26. The Balaban J connectivity index is 0.00000341. The van der Waals surface area contributed by atoms with Crippen LogP contribution in [0.5, 0.6) is 5.75 Å². The standard InChI is InChI=1S/C23H31N3O3S.HI/c1-2-24-23(25-15-8-16-30(27,28)21-10-4-3-5-11-21)26-17-20-9-6-7-12-22(20)29-18-19-13-14-19;/h3-7,9-12,19H,2,8,13-18H2,1H3,(H2,24,25,26);1H. The number of benzene rings is 2. The van der Waals surface area contributed by atoms with Crippen LogP contribution in [0.1, 0.15) is 31.7 Å². The quantitative estimate of drug-likeness (QED) is 0.189. The second-order valence-electron chi connectivity index (χ2n) is 7.47. The molecule has 8 heteroatoms.